The smallest absolute Gasteiger partial charge is 0.258 e. The van der Waals surface area contributed by atoms with Crippen molar-refractivity contribution in [1.29, 1.82) is 0 Å². The summed E-state index contributed by atoms with van der Waals surface area (Å²) >= 11 is 0. The number of hydrogen-bond donors (Lipinski definition) is 2. The van der Waals surface area contributed by atoms with Crippen LogP contribution >= 0.6 is 0 Å². The van der Waals surface area contributed by atoms with Gasteiger partial charge in [-0.15, -0.1) is 0 Å². The summed E-state index contributed by atoms with van der Waals surface area (Å²) in [5, 5.41) is 5.45. The number of benzene rings is 2. The van der Waals surface area contributed by atoms with Gasteiger partial charge in [0.25, 0.3) is 11.8 Å². The second-order valence-corrected chi connectivity index (χ2v) is 5.87. The van der Waals surface area contributed by atoms with Gasteiger partial charge in [-0.1, -0.05) is 12.1 Å². The first-order valence-electron chi connectivity index (χ1n) is 8.38. The van der Waals surface area contributed by atoms with E-state index in [0.717, 1.165) is 5.56 Å². The molecule has 6 nitrogen and oxygen atoms in total. The molecule has 0 spiro atoms. The Morgan fingerprint density at radius 3 is 2.42 bits per heavy atom. The fourth-order valence-electron chi connectivity index (χ4n) is 2.25. The first kappa shape index (κ1) is 19.3. The SMILES string of the molecule is COc1cccc(C(=O)NCCNC(=O)COc2ccc(C)c(C)c2)c1. The van der Waals surface area contributed by atoms with Gasteiger partial charge >= 0.3 is 0 Å². The Morgan fingerprint density at radius 1 is 0.923 bits per heavy atom. The molecular weight excluding hydrogens is 332 g/mol. The molecular formula is C20H24N2O4. The number of aryl methyl sites for hydroxylation is 2. The van der Waals surface area contributed by atoms with Crippen molar-refractivity contribution >= 4 is 11.8 Å². The molecule has 2 aromatic carbocycles. The molecule has 0 aliphatic rings. The lowest BCUT2D eigenvalue weighted by Crippen LogP contribution is -2.36. The van der Waals surface area contributed by atoms with Crippen LogP contribution in [0.4, 0.5) is 0 Å². The summed E-state index contributed by atoms with van der Waals surface area (Å²) in [5.41, 5.74) is 2.80. The average Bonchev–Trinajstić information content (AvgIpc) is 2.66. The van der Waals surface area contributed by atoms with Crippen LogP contribution < -0.4 is 20.1 Å². The lowest BCUT2D eigenvalue weighted by Gasteiger charge is -2.10. The maximum absolute atomic E-state index is 12.0. The minimum atomic E-state index is -0.237. The van der Waals surface area contributed by atoms with Crippen LogP contribution in [0.25, 0.3) is 0 Å². The normalized spacial score (nSPS) is 10.1. The molecule has 26 heavy (non-hydrogen) atoms. The predicted molar refractivity (Wildman–Crippen MR) is 99.7 cm³/mol. The zero-order valence-electron chi connectivity index (χ0n) is 15.3. The highest BCUT2D eigenvalue weighted by atomic mass is 16.5. The Bertz CT molecular complexity index is 774. The highest BCUT2D eigenvalue weighted by Gasteiger charge is 2.07. The van der Waals surface area contributed by atoms with Gasteiger partial charge in [0.1, 0.15) is 11.5 Å². The standard InChI is InChI=1S/C20H24N2O4/c1-14-7-8-18(11-15(14)2)26-13-19(23)21-9-10-22-20(24)16-5-4-6-17(12-16)25-3/h4-8,11-12H,9-10,13H2,1-3H3,(H,21,23)(H,22,24). The number of carbonyl (C=O) groups excluding carboxylic acids is 2. The molecule has 2 aromatic rings. The number of hydrogen-bond acceptors (Lipinski definition) is 4. The molecule has 0 unspecified atom stereocenters. The molecule has 138 valence electrons. The van der Waals surface area contributed by atoms with Gasteiger partial charge in [-0.3, -0.25) is 9.59 Å². The summed E-state index contributed by atoms with van der Waals surface area (Å²) in [5.74, 6) is 0.826. The van der Waals surface area contributed by atoms with Crippen LogP contribution in [0, 0.1) is 13.8 Å². The summed E-state index contributed by atoms with van der Waals surface area (Å²) < 4.78 is 10.6. The van der Waals surface area contributed by atoms with E-state index in [1.807, 2.05) is 32.0 Å². The van der Waals surface area contributed by atoms with E-state index < -0.39 is 0 Å². The Morgan fingerprint density at radius 2 is 1.69 bits per heavy atom. The molecule has 0 saturated heterocycles. The second-order valence-electron chi connectivity index (χ2n) is 5.87. The molecule has 2 rings (SSSR count). The van der Waals surface area contributed by atoms with Crippen LogP contribution in [0.2, 0.25) is 0 Å². The summed E-state index contributed by atoms with van der Waals surface area (Å²) in [7, 11) is 1.55. The fourth-order valence-corrected chi connectivity index (χ4v) is 2.25. The van der Waals surface area contributed by atoms with Crippen molar-refractivity contribution in [2.45, 2.75) is 13.8 Å². The van der Waals surface area contributed by atoms with Crippen LogP contribution in [0.1, 0.15) is 21.5 Å². The van der Waals surface area contributed by atoms with Crippen molar-refractivity contribution in [1.82, 2.24) is 10.6 Å². The zero-order chi connectivity index (χ0) is 18.9. The molecule has 2 amide bonds. The Labute approximate surface area is 153 Å². The van der Waals surface area contributed by atoms with Crippen molar-refractivity contribution in [3.05, 3.63) is 59.2 Å². The number of methoxy groups -OCH3 is 1. The summed E-state index contributed by atoms with van der Waals surface area (Å²) in [6, 6.07) is 12.6. The van der Waals surface area contributed by atoms with E-state index in [9.17, 15) is 9.59 Å². The third kappa shape index (κ3) is 5.81. The van der Waals surface area contributed by atoms with Gasteiger partial charge in [-0.2, -0.15) is 0 Å². The van der Waals surface area contributed by atoms with Crippen molar-refractivity contribution in [3.8, 4) is 11.5 Å². The Hall–Kier alpha value is -3.02. The van der Waals surface area contributed by atoms with Gasteiger partial charge in [0.2, 0.25) is 0 Å². The molecule has 0 aromatic heterocycles. The second kappa shape index (κ2) is 9.46. The molecule has 0 heterocycles. The highest BCUT2D eigenvalue weighted by molar-refractivity contribution is 5.94. The first-order chi connectivity index (χ1) is 12.5. The topological polar surface area (TPSA) is 76.7 Å². The molecule has 0 radical (unpaired) electrons. The van der Waals surface area contributed by atoms with Gasteiger partial charge in [0.15, 0.2) is 6.61 Å². The Kier molecular flexibility index (Phi) is 7.02. The summed E-state index contributed by atoms with van der Waals surface area (Å²) in [6.07, 6.45) is 0. The summed E-state index contributed by atoms with van der Waals surface area (Å²) in [4.78, 5) is 23.8. The zero-order valence-corrected chi connectivity index (χ0v) is 15.3. The lowest BCUT2D eigenvalue weighted by atomic mass is 10.1. The van der Waals surface area contributed by atoms with Crippen LogP contribution in [0.15, 0.2) is 42.5 Å². The number of ether oxygens (including phenoxy) is 2. The average molecular weight is 356 g/mol. The molecule has 0 saturated carbocycles. The van der Waals surface area contributed by atoms with Crippen LogP contribution in [0.3, 0.4) is 0 Å². The first-order valence-corrected chi connectivity index (χ1v) is 8.38. The Balaban J connectivity index is 1.67. The van der Waals surface area contributed by atoms with Gasteiger partial charge in [-0.05, 0) is 55.3 Å². The van der Waals surface area contributed by atoms with E-state index in [-0.39, 0.29) is 18.4 Å². The lowest BCUT2D eigenvalue weighted by molar-refractivity contribution is -0.123. The quantitative estimate of drug-likeness (QED) is 0.711. The van der Waals surface area contributed by atoms with Crippen molar-refractivity contribution < 1.29 is 19.1 Å². The molecule has 0 atom stereocenters. The monoisotopic (exact) mass is 356 g/mol. The largest absolute Gasteiger partial charge is 0.497 e. The van der Waals surface area contributed by atoms with Crippen molar-refractivity contribution in [2.75, 3.05) is 26.8 Å². The van der Waals surface area contributed by atoms with Gasteiger partial charge in [0, 0.05) is 18.7 Å². The minimum Gasteiger partial charge on any atom is -0.497 e. The fraction of sp³-hybridized carbons (Fsp3) is 0.300. The number of carbonyl (C=O) groups is 2. The molecule has 0 aliphatic heterocycles. The van der Waals surface area contributed by atoms with E-state index in [1.165, 1.54) is 5.56 Å². The molecule has 0 fully saturated rings. The van der Waals surface area contributed by atoms with Crippen molar-refractivity contribution in [3.63, 3.8) is 0 Å². The van der Waals surface area contributed by atoms with Gasteiger partial charge < -0.3 is 20.1 Å². The summed E-state index contributed by atoms with van der Waals surface area (Å²) in [6.45, 7) is 4.60. The van der Waals surface area contributed by atoms with E-state index in [0.29, 0.717) is 30.2 Å². The predicted octanol–water partition coefficient (Wildman–Crippen LogP) is 2.24. The highest BCUT2D eigenvalue weighted by Crippen LogP contribution is 2.16. The van der Waals surface area contributed by atoms with Crippen LogP contribution in [0.5, 0.6) is 11.5 Å². The molecule has 0 aliphatic carbocycles. The number of rotatable bonds is 8. The maximum atomic E-state index is 12.0. The van der Waals surface area contributed by atoms with Gasteiger partial charge in [-0.25, -0.2) is 0 Å². The van der Waals surface area contributed by atoms with Crippen molar-refractivity contribution in [2.24, 2.45) is 0 Å². The van der Waals surface area contributed by atoms with Gasteiger partial charge in [0.05, 0.1) is 7.11 Å². The number of amides is 2. The molecule has 0 bridgehead atoms. The van der Waals surface area contributed by atoms with E-state index in [4.69, 9.17) is 9.47 Å². The minimum absolute atomic E-state index is 0.0632. The van der Waals surface area contributed by atoms with E-state index in [1.54, 1.807) is 31.4 Å². The number of nitrogens with one attached hydrogen (secondary N) is 2. The van der Waals surface area contributed by atoms with E-state index in [2.05, 4.69) is 10.6 Å². The maximum Gasteiger partial charge on any atom is 0.258 e. The third-order valence-corrected chi connectivity index (χ3v) is 3.91. The van der Waals surface area contributed by atoms with Crippen LogP contribution in [-0.2, 0) is 4.79 Å². The van der Waals surface area contributed by atoms with Crippen LogP contribution in [-0.4, -0.2) is 38.6 Å². The molecule has 6 heteroatoms. The third-order valence-electron chi connectivity index (χ3n) is 3.91. The molecule has 2 N–H and O–H groups in total. The van der Waals surface area contributed by atoms with E-state index >= 15 is 0 Å².